The molecule has 1 aliphatic heterocycles. The largest absolute Gasteiger partial charge is 0.325 e. The Balaban J connectivity index is 1.71. The fourth-order valence-electron chi connectivity index (χ4n) is 3.12. The summed E-state index contributed by atoms with van der Waals surface area (Å²) in [6.45, 7) is 2.53. The van der Waals surface area contributed by atoms with E-state index in [2.05, 4.69) is 12.2 Å². The Bertz CT molecular complexity index is 430. The van der Waals surface area contributed by atoms with Gasteiger partial charge in [-0.15, -0.1) is 23.2 Å². The first-order valence-corrected chi connectivity index (χ1v) is 7.62. The van der Waals surface area contributed by atoms with Gasteiger partial charge in [0.05, 0.1) is 0 Å². The molecule has 0 aromatic heterocycles. The Morgan fingerprint density at radius 2 is 1.89 bits per heavy atom. The van der Waals surface area contributed by atoms with Crippen molar-refractivity contribution in [2.24, 2.45) is 11.8 Å². The Kier molecular flexibility index (Phi) is 3.02. The summed E-state index contributed by atoms with van der Waals surface area (Å²) in [7, 11) is 0. The van der Waals surface area contributed by atoms with E-state index in [0.717, 1.165) is 25.7 Å². The van der Waals surface area contributed by atoms with Crippen LogP contribution in [0.2, 0.25) is 0 Å². The molecule has 0 aromatic rings. The summed E-state index contributed by atoms with van der Waals surface area (Å²) in [5.41, 5.74) is -0.653. The van der Waals surface area contributed by atoms with Crippen LogP contribution < -0.4 is 5.32 Å². The lowest BCUT2D eigenvalue weighted by Crippen LogP contribution is -2.49. The Labute approximate surface area is 122 Å². The van der Waals surface area contributed by atoms with Gasteiger partial charge in [0, 0.05) is 12.5 Å². The van der Waals surface area contributed by atoms with Crippen LogP contribution >= 0.6 is 23.2 Å². The third kappa shape index (κ3) is 2.23. The Morgan fingerprint density at radius 3 is 2.42 bits per heavy atom. The number of imide groups is 1. The average Bonchev–Trinajstić information content (AvgIpc) is 2.88. The van der Waals surface area contributed by atoms with E-state index in [0.29, 0.717) is 18.9 Å². The smallest absolute Gasteiger partial charge is 0.323 e. The minimum Gasteiger partial charge on any atom is -0.323 e. The molecule has 1 unspecified atom stereocenters. The van der Waals surface area contributed by atoms with Crippen molar-refractivity contribution in [3.8, 4) is 0 Å². The van der Waals surface area contributed by atoms with E-state index >= 15 is 0 Å². The molecule has 1 saturated heterocycles. The Hall–Kier alpha value is -0.480. The summed E-state index contributed by atoms with van der Waals surface area (Å²) in [5, 5.41) is 2.90. The van der Waals surface area contributed by atoms with Crippen LogP contribution in [0.25, 0.3) is 0 Å². The van der Waals surface area contributed by atoms with E-state index in [1.54, 1.807) is 0 Å². The highest BCUT2D eigenvalue weighted by Gasteiger charge is 2.57. The summed E-state index contributed by atoms with van der Waals surface area (Å²) >= 11 is 11.9. The molecule has 6 heteroatoms. The van der Waals surface area contributed by atoms with Crippen LogP contribution in [0.1, 0.15) is 39.0 Å². The van der Waals surface area contributed by atoms with Crippen molar-refractivity contribution in [3.05, 3.63) is 0 Å². The normalized spacial score (nSPS) is 40.7. The second kappa shape index (κ2) is 4.26. The number of carbonyl (C=O) groups excluding carboxylic acids is 2. The second-order valence-corrected chi connectivity index (χ2v) is 7.82. The van der Waals surface area contributed by atoms with Gasteiger partial charge >= 0.3 is 6.03 Å². The maximum atomic E-state index is 12.5. The first kappa shape index (κ1) is 13.5. The molecular weight excluding hydrogens is 287 g/mol. The zero-order valence-electron chi connectivity index (χ0n) is 10.9. The molecule has 4 nitrogen and oxygen atoms in total. The summed E-state index contributed by atoms with van der Waals surface area (Å²) < 4.78 is -0.753. The van der Waals surface area contributed by atoms with E-state index < -0.39 is 9.87 Å². The molecular formula is C13H18Cl2N2O2. The number of nitrogens with one attached hydrogen (secondary N) is 1. The van der Waals surface area contributed by atoms with Crippen LogP contribution in [0.5, 0.6) is 0 Å². The van der Waals surface area contributed by atoms with Crippen LogP contribution in [-0.2, 0) is 4.79 Å². The van der Waals surface area contributed by atoms with Crippen molar-refractivity contribution < 1.29 is 9.59 Å². The maximum Gasteiger partial charge on any atom is 0.325 e. The highest BCUT2D eigenvalue weighted by atomic mass is 35.5. The fraction of sp³-hybridized carbons (Fsp3) is 0.846. The highest BCUT2D eigenvalue weighted by Crippen LogP contribution is 2.53. The summed E-state index contributed by atoms with van der Waals surface area (Å²) in [6.07, 6.45) is 4.10. The van der Waals surface area contributed by atoms with Gasteiger partial charge in [0.2, 0.25) is 0 Å². The molecule has 3 fully saturated rings. The average molecular weight is 305 g/mol. The molecule has 3 amide bonds. The van der Waals surface area contributed by atoms with E-state index in [-0.39, 0.29) is 17.9 Å². The monoisotopic (exact) mass is 304 g/mol. The molecule has 106 valence electrons. The van der Waals surface area contributed by atoms with Gasteiger partial charge in [-0.1, -0.05) is 6.92 Å². The molecule has 2 saturated carbocycles. The third-order valence-corrected chi connectivity index (χ3v) is 5.66. The summed E-state index contributed by atoms with van der Waals surface area (Å²) in [4.78, 5) is 25.9. The molecule has 1 N–H and O–H groups in total. The highest BCUT2D eigenvalue weighted by molar-refractivity contribution is 6.50. The van der Waals surface area contributed by atoms with E-state index in [1.807, 2.05) is 0 Å². The predicted molar refractivity (Wildman–Crippen MR) is 73.2 cm³/mol. The van der Waals surface area contributed by atoms with Gasteiger partial charge in [0.1, 0.15) is 9.87 Å². The predicted octanol–water partition coefficient (Wildman–Crippen LogP) is 2.68. The lowest BCUT2D eigenvalue weighted by atomic mass is 9.77. The number of rotatable bonds is 2. The first-order valence-electron chi connectivity index (χ1n) is 6.86. The number of halogens is 2. The topological polar surface area (TPSA) is 49.4 Å². The molecule has 1 spiro atoms. The van der Waals surface area contributed by atoms with E-state index in [9.17, 15) is 9.59 Å². The lowest BCUT2D eigenvalue weighted by molar-refractivity contribution is -0.132. The SMILES string of the molecule is CC1CCC2(CC1)NC(=O)N(CC1CC1(Cl)Cl)C2=O. The van der Waals surface area contributed by atoms with Crippen molar-refractivity contribution in [1.82, 2.24) is 10.2 Å². The van der Waals surface area contributed by atoms with E-state index in [4.69, 9.17) is 23.2 Å². The van der Waals surface area contributed by atoms with Gasteiger partial charge in [-0.3, -0.25) is 9.69 Å². The van der Waals surface area contributed by atoms with Crippen LogP contribution in [0.3, 0.4) is 0 Å². The molecule has 1 heterocycles. The zero-order valence-corrected chi connectivity index (χ0v) is 12.4. The fourth-order valence-corrected chi connectivity index (χ4v) is 3.63. The van der Waals surface area contributed by atoms with Crippen molar-refractivity contribution >= 4 is 35.1 Å². The number of amides is 3. The second-order valence-electron chi connectivity index (χ2n) is 6.27. The molecule has 0 aromatic carbocycles. The van der Waals surface area contributed by atoms with Crippen LogP contribution in [-0.4, -0.2) is 33.3 Å². The third-order valence-electron chi connectivity index (χ3n) is 4.73. The summed E-state index contributed by atoms with van der Waals surface area (Å²) in [6, 6.07) is -0.282. The number of hydrogen-bond donors (Lipinski definition) is 1. The van der Waals surface area contributed by atoms with Crippen LogP contribution in [0.15, 0.2) is 0 Å². The first-order chi connectivity index (χ1) is 8.84. The standard InChI is InChI=1S/C13H18Cl2N2O2/c1-8-2-4-12(5-3-8)10(18)17(11(19)16-12)7-9-6-13(9,14)15/h8-9H,2-7H2,1H3,(H,16,19). The number of hydrogen-bond acceptors (Lipinski definition) is 2. The van der Waals surface area contributed by atoms with E-state index in [1.165, 1.54) is 4.90 Å². The minimum atomic E-state index is -0.753. The lowest BCUT2D eigenvalue weighted by Gasteiger charge is -2.33. The number of alkyl halides is 2. The molecule has 0 radical (unpaired) electrons. The van der Waals surface area contributed by atoms with Gasteiger partial charge in [-0.2, -0.15) is 0 Å². The van der Waals surface area contributed by atoms with Crippen molar-refractivity contribution in [3.63, 3.8) is 0 Å². The van der Waals surface area contributed by atoms with Crippen LogP contribution in [0, 0.1) is 11.8 Å². The number of carbonyl (C=O) groups is 2. The molecule has 19 heavy (non-hydrogen) atoms. The van der Waals surface area contributed by atoms with Gasteiger partial charge < -0.3 is 5.32 Å². The molecule has 1 atom stereocenters. The number of nitrogens with zero attached hydrogens (tertiary/aromatic N) is 1. The molecule has 0 bridgehead atoms. The quantitative estimate of drug-likeness (QED) is 0.630. The number of urea groups is 1. The van der Waals surface area contributed by atoms with Gasteiger partial charge in [0.15, 0.2) is 0 Å². The molecule has 3 aliphatic rings. The van der Waals surface area contributed by atoms with Crippen molar-refractivity contribution in [2.75, 3.05) is 6.54 Å². The molecule has 3 rings (SSSR count). The minimum absolute atomic E-state index is 0.0168. The van der Waals surface area contributed by atoms with Crippen LogP contribution in [0.4, 0.5) is 4.79 Å². The zero-order chi connectivity index (χ0) is 13.8. The molecule has 2 aliphatic carbocycles. The van der Waals surface area contributed by atoms with Gasteiger partial charge in [0.25, 0.3) is 5.91 Å². The maximum absolute atomic E-state index is 12.5. The van der Waals surface area contributed by atoms with Crippen molar-refractivity contribution in [1.29, 1.82) is 0 Å². The van der Waals surface area contributed by atoms with Gasteiger partial charge in [-0.25, -0.2) is 4.79 Å². The van der Waals surface area contributed by atoms with Crippen molar-refractivity contribution in [2.45, 2.75) is 48.9 Å². The van der Waals surface area contributed by atoms with Gasteiger partial charge in [-0.05, 0) is 38.0 Å². The summed E-state index contributed by atoms with van der Waals surface area (Å²) in [5.74, 6) is 0.565. The Morgan fingerprint density at radius 1 is 1.32 bits per heavy atom.